The highest BCUT2D eigenvalue weighted by Gasteiger charge is 2.29. The van der Waals surface area contributed by atoms with E-state index >= 15 is 0 Å². The second kappa shape index (κ2) is 4.37. The van der Waals surface area contributed by atoms with E-state index < -0.39 is 0 Å². The molecule has 1 saturated carbocycles. The molecule has 86 valence electrons. The fraction of sp³-hybridized carbons (Fsp3) is 0.500. The van der Waals surface area contributed by atoms with Gasteiger partial charge in [0.15, 0.2) is 0 Å². The van der Waals surface area contributed by atoms with Crippen LogP contribution < -0.4 is 10.6 Å². The highest BCUT2D eigenvalue weighted by molar-refractivity contribution is 7.80. The Balaban J connectivity index is 2.35. The number of nitrogens with two attached hydrogens (primary N) is 1. The molecule has 1 aromatic rings. The van der Waals surface area contributed by atoms with Crippen molar-refractivity contribution < 1.29 is 0 Å². The SMILES string of the molecule is CCN(c1cc(C(N)=S)cc(C)n1)C1CC1. The zero-order valence-electron chi connectivity index (χ0n) is 9.73. The normalized spacial score (nSPS) is 14.9. The first-order chi connectivity index (χ1) is 7.61. The van der Waals surface area contributed by atoms with Crippen molar-refractivity contribution in [2.75, 3.05) is 11.4 Å². The molecule has 0 radical (unpaired) electrons. The van der Waals surface area contributed by atoms with Crippen LogP contribution in [-0.4, -0.2) is 22.6 Å². The third-order valence-corrected chi connectivity index (χ3v) is 3.08. The quantitative estimate of drug-likeness (QED) is 0.811. The van der Waals surface area contributed by atoms with Gasteiger partial charge in [-0.1, -0.05) is 12.2 Å². The molecule has 1 aliphatic carbocycles. The number of anilines is 1. The molecule has 4 heteroatoms. The highest BCUT2D eigenvalue weighted by atomic mass is 32.1. The van der Waals surface area contributed by atoms with Gasteiger partial charge in [-0.05, 0) is 38.8 Å². The Bertz CT molecular complexity index is 413. The number of rotatable bonds is 4. The first-order valence-corrected chi connectivity index (χ1v) is 6.07. The van der Waals surface area contributed by atoms with Crippen LogP contribution in [0.1, 0.15) is 31.0 Å². The largest absolute Gasteiger partial charge is 0.389 e. The molecule has 1 aliphatic rings. The molecule has 1 fully saturated rings. The fourth-order valence-corrected chi connectivity index (χ4v) is 2.05. The van der Waals surface area contributed by atoms with Crippen LogP contribution in [0.15, 0.2) is 12.1 Å². The third kappa shape index (κ3) is 2.32. The summed E-state index contributed by atoms with van der Waals surface area (Å²) in [6, 6.07) is 4.60. The molecule has 1 aromatic heterocycles. The number of thiocarbonyl (C=S) groups is 1. The molecule has 0 amide bonds. The second-order valence-electron chi connectivity index (χ2n) is 4.24. The van der Waals surface area contributed by atoms with Crippen LogP contribution in [0.2, 0.25) is 0 Å². The molecule has 3 nitrogen and oxygen atoms in total. The lowest BCUT2D eigenvalue weighted by atomic mass is 10.2. The molecule has 0 spiro atoms. The molecule has 0 bridgehead atoms. The predicted molar refractivity (Wildman–Crippen MR) is 70.9 cm³/mol. The van der Waals surface area contributed by atoms with Crippen LogP contribution >= 0.6 is 12.2 Å². The molecule has 1 heterocycles. The van der Waals surface area contributed by atoms with Gasteiger partial charge in [-0.15, -0.1) is 0 Å². The number of aromatic nitrogens is 1. The van der Waals surface area contributed by atoms with E-state index in [9.17, 15) is 0 Å². The van der Waals surface area contributed by atoms with Crippen LogP contribution in [0.4, 0.5) is 5.82 Å². The minimum atomic E-state index is 0.443. The van der Waals surface area contributed by atoms with Crippen molar-refractivity contribution >= 4 is 23.0 Å². The molecule has 0 unspecified atom stereocenters. The van der Waals surface area contributed by atoms with E-state index in [0.717, 1.165) is 23.6 Å². The van der Waals surface area contributed by atoms with Gasteiger partial charge in [0.1, 0.15) is 10.8 Å². The second-order valence-corrected chi connectivity index (χ2v) is 4.68. The summed E-state index contributed by atoms with van der Waals surface area (Å²) in [5, 5.41) is 0. The zero-order valence-corrected chi connectivity index (χ0v) is 10.5. The monoisotopic (exact) mass is 235 g/mol. The van der Waals surface area contributed by atoms with Crippen molar-refractivity contribution in [3.8, 4) is 0 Å². The molecule has 0 atom stereocenters. The Labute approximate surface area is 102 Å². The van der Waals surface area contributed by atoms with Gasteiger partial charge in [0.2, 0.25) is 0 Å². The lowest BCUT2D eigenvalue weighted by Gasteiger charge is -2.22. The molecule has 0 saturated heterocycles. The van der Waals surface area contributed by atoms with E-state index in [1.165, 1.54) is 12.8 Å². The summed E-state index contributed by atoms with van der Waals surface area (Å²) in [4.78, 5) is 7.33. The van der Waals surface area contributed by atoms with Crippen LogP contribution in [0.3, 0.4) is 0 Å². The van der Waals surface area contributed by atoms with Gasteiger partial charge in [0.05, 0.1) is 0 Å². The molecule has 0 aromatic carbocycles. The summed E-state index contributed by atoms with van der Waals surface area (Å²) in [6.07, 6.45) is 2.54. The van der Waals surface area contributed by atoms with Crippen molar-refractivity contribution in [2.45, 2.75) is 32.7 Å². The molecular weight excluding hydrogens is 218 g/mol. The highest BCUT2D eigenvalue weighted by Crippen LogP contribution is 2.30. The minimum absolute atomic E-state index is 0.443. The first-order valence-electron chi connectivity index (χ1n) is 5.67. The van der Waals surface area contributed by atoms with E-state index in [-0.39, 0.29) is 0 Å². The van der Waals surface area contributed by atoms with E-state index in [2.05, 4.69) is 16.8 Å². The van der Waals surface area contributed by atoms with Gasteiger partial charge in [-0.3, -0.25) is 0 Å². The topological polar surface area (TPSA) is 42.1 Å². The van der Waals surface area contributed by atoms with Gasteiger partial charge in [0.25, 0.3) is 0 Å². The summed E-state index contributed by atoms with van der Waals surface area (Å²) < 4.78 is 0. The molecule has 2 rings (SSSR count). The van der Waals surface area contributed by atoms with Gasteiger partial charge >= 0.3 is 0 Å². The Kier molecular flexibility index (Phi) is 3.10. The summed E-state index contributed by atoms with van der Waals surface area (Å²) in [5.41, 5.74) is 7.56. The Hall–Kier alpha value is -1.16. The van der Waals surface area contributed by atoms with Gasteiger partial charge in [0, 0.05) is 23.8 Å². The van der Waals surface area contributed by atoms with E-state index in [1.807, 2.05) is 19.1 Å². The molecule has 2 N–H and O–H groups in total. The van der Waals surface area contributed by atoms with Crippen LogP contribution in [0.25, 0.3) is 0 Å². The number of pyridine rings is 1. The number of hydrogen-bond acceptors (Lipinski definition) is 3. The Morgan fingerprint density at radius 2 is 2.25 bits per heavy atom. The van der Waals surface area contributed by atoms with Crippen LogP contribution in [0.5, 0.6) is 0 Å². The lowest BCUT2D eigenvalue weighted by molar-refractivity contribution is 0.805. The van der Waals surface area contributed by atoms with E-state index in [1.54, 1.807) is 0 Å². The predicted octanol–water partition coefficient (Wildman–Crippen LogP) is 2.01. The minimum Gasteiger partial charge on any atom is -0.389 e. The van der Waals surface area contributed by atoms with Crippen LogP contribution in [0, 0.1) is 6.92 Å². The average Bonchev–Trinajstić information content (AvgIpc) is 3.02. The number of nitrogens with zero attached hydrogens (tertiary/aromatic N) is 2. The van der Waals surface area contributed by atoms with Gasteiger partial charge in [-0.25, -0.2) is 4.98 Å². The Morgan fingerprint density at radius 1 is 1.56 bits per heavy atom. The van der Waals surface area contributed by atoms with Crippen molar-refractivity contribution in [3.63, 3.8) is 0 Å². The average molecular weight is 235 g/mol. The maximum atomic E-state index is 5.67. The van der Waals surface area contributed by atoms with E-state index in [4.69, 9.17) is 18.0 Å². The van der Waals surface area contributed by atoms with E-state index in [0.29, 0.717) is 11.0 Å². The summed E-state index contributed by atoms with van der Waals surface area (Å²) >= 11 is 5.02. The summed E-state index contributed by atoms with van der Waals surface area (Å²) in [5.74, 6) is 1.01. The standard InChI is InChI=1S/C12H17N3S/c1-3-15(10-4-5-10)11-7-9(12(13)16)6-8(2)14-11/h6-7,10H,3-5H2,1-2H3,(H2,13,16). The van der Waals surface area contributed by atoms with Crippen molar-refractivity contribution in [2.24, 2.45) is 5.73 Å². The number of aryl methyl sites for hydroxylation is 1. The maximum absolute atomic E-state index is 5.67. The van der Waals surface area contributed by atoms with Crippen molar-refractivity contribution in [1.29, 1.82) is 0 Å². The summed E-state index contributed by atoms with van der Waals surface area (Å²) in [7, 11) is 0. The van der Waals surface area contributed by atoms with Crippen molar-refractivity contribution in [3.05, 3.63) is 23.4 Å². The molecule has 0 aliphatic heterocycles. The molecular formula is C12H17N3S. The van der Waals surface area contributed by atoms with Crippen LogP contribution in [-0.2, 0) is 0 Å². The maximum Gasteiger partial charge on any atom is 0.129 e. The lowest BCUT2D eigenvalue weighted by Crippen LogP contribution is -2.26. The Morgan fingerprint density at radius 3 is 2.75 bits per heavy atom. The third-order valence-electron chi connectivity index (χ3n) is 2.85. The van der Waals surface area contributed by atoms with Crippen molar-refractivity contribution in [1.82, 2.24) is 4.98 Å². The molecule has 16 heavy (non-hydrogen) atoms. The van der Waals surface area contributed by atoms with Gasteiger partial charge in [-0.2, -0.15) is 0 Å². The smallest absolute Gasteiger partial charge is 0.129 e. The van der Waals surface area contributed by atoms with Gasteiger partial charge < -0.3 is 10.6 Å². The summed E-state index contributed by atoms with van der Waals surface area (Å²) in [6.45, 7) is 5.12. The number of hydrogen-bond donors (Lipinski definition) is 1. The zero-order chi connectivity index (χ0) is 11.7. The fourth-order valence-electron chi connectivity index (χ4n) is 1.93. The first kappa shape index (κ1) is 11.3.